The maximum absolute atomic E-state index is 12.8. The number of rotatable bonds is 39. The lowest BCUT2D eigenvalue weighted by Crippen LogP contribution is -2.60. The van der Waals surface area contributed by atoms with Crippen molar-refractivity contribution in [1.29, 1.82) is 0 Å². The van der Waals surface area contributed by atoms with E-state index in [2.05, 4.69) is 62.5 Å². The van der Waals surface area contributed by atoms with Crippen LogP contribution >= 0.6 is 0 Å². The van der Waals surface area contributed by atoms with E-state index in [9.17, 15) is 34.8 Å². The number of hydrogen-bond acceptors (Lipinski definition) is 10. The van der Waals surface area contributed by atoms with Crippen molar-refractivity contribution in [2.45, 2.75) is 230 Å². The number of aliphatic hydroxyl groups excluding tert-OH is 3. The van der Waals surface area contributed by atoms with Crippen LogP contribution in [0.25, 0.3) is 0 Å². The maximum Gasteiger partial charge on any atom is 0.335 e. The smallest absolute Gasteiger partial charge is 0.335 e. The Hall–Kier alpha value is -2.83. The molecule has 0 amide bonds. The minimum absolute atomic E-state index is 0.176. The number of ether oxygens (including phenoxy) is 4. The summed E-state index contributed by atoms with van der Waals surface area (Å²) in [6.45, 7) is 3.68. The van der Waals surface area contributed by atoms with Gasteiger partial charge >= 0.3 is 17.9 Å². The molecule has 1 aliphatic rings. The van der Waals surface area contributed by atoms with Crippen LogP contribution in [-0.2, 0) is 33.3 Å². The van der Waals surface area contributed by atoms with Crippen molar-refractivity contribution in [3.05, 3.63) is 48.6 Å². The van der Waals surface area contributed by atoms with E-state index in [1.165, 1.54) is 96.3 Å². The summed E-state index contributed by atoms with van der Waals surface area (Å²) in [6, 6.07) is 0. The summed E-state index contributed by atoms with van der Waals surface area (Å²) in [5.41, 5.74) is 0. The van der Waals surface area contributed by atoms with Crippen molar-refractivity contribution in [2.24, 2.45) is 0 Å². The van der Waals surface area contributed by atoms with Gasteiger partial charge in [0.2, 0.25) is 0 Å². The molecule has 0 aromatic rings. The molecule has 6 unspecified atom stereocenters. The molecule has 0 aromatic heterocycles. The number of carbonyl (C=O) groups is 3. The summed E-state index contributed by atoms with van der Waals surface area (Å²) in [7, 11) is 0. The average Bonchev–Trinajstić information content (AvgIpc) is 3.23. The minimum atomic E-state index is -1.87. The second-order valence-corrected chi connectivity index (χ2v) is 16.2. The zero-order valence-electron chi connectivity index (χ0n) is 37.4. The first-order valence-electron chi connectivity index (χ1n) is 23.7. The third kappa shape index (κ3) is 30.2. The number of hydrogen-bond donors (Lipinski definition) is 4. The standard InChI is InChI=1S/C49H84O11/c1-3-5-7-9-11-13-15-17-19-20-21-22-24-26-28-30-32-34-36-38-43(51)59-41(40-58-49-46(54)44(52)45(53)47(60-49)48(55)56)39-57-42(50)37-35-33-31-29-27-25-23-18-16-14-12-10-8-6-4-2/h6,8,12,14,18,23,27,29,41,44-47,49,52-54H,3-5,7,9-11,13,15-17,19-22,24-26,28,30-40H2,1-2H3,(H,55,56)/b8-6-,14-12-,23-18-,29-27-. The molecule has 0 saturated carbocycles. The molecule has 1 aliphatic heterocycles. The van der Waals surface area contributed by atoms with Crippen molar-refractivity contribution in [3.63, 3.8) is 0 Å². The molecule has 6 atom stereocenters. The number of aliphatic carboxylic acids is 1. The van der Waals surface area contributed by atoms with Gasteiger partial charge in [-0.05, 0) is 51.4 Å². The van der Waals surface area contributed by atoms with E-state index >= 15 is 0 Å². The molecular formula is C49H84O11. The Morgan fingerprint density at radius 3 is 1.48 bits per heavy atom. The van der Waals surface area contributed by atoms with E-state index in [4.69, 9.17) is 18.9 Å². The van der Waals surface area contributed by atoms with E-state index in [0.717, 1.165) is 57.8 Å². The summed E-state index contributed by atoms with van der Waals surface area (Å²) in [5, 5.41) is 39.8. The number of esters is 2. The first-order valence-corrected chi connectivity index (χ1v) is 23.7. The second-order valence-electron chi connectivity index (χ2n) is 16.2. The van der Waals surface area contributed by atoms with Crippen molar-refractivity contribution < 1.29 is 53.8 Å². The Morgan fingerprint density at radius 1 is 0.533 bits per heavy atom. The molecule has 1 fully saturated rings. The van der Waals surface area contributed by atoms with Crippen LogP contribution in [-0.4, -0.2) is 88.4 Å². The Kier molecular flexibility index (Phi) is 35.9. The lowest BCUT2D eigenvalue weighted by Gasteiger charge is -2.38. The molecule has 11 heteroatoms. The van der Waals surface area contributed by atoms with Crippen LogP contribution in [0, 0.1) is 0 Å². The van der Waals surface area contributed by atoms with Gasteiger partial charge in [-0.1, -0.05) is 178 Å². The second kappa shape index (κ2) is 39.0. The Balaban J connectivity index is 2.36. The summed E-state index contributed by atoms with van der Waals surface area (Å²) < 4.78 is 21.7. The van der Waals surface area contributed by atoms with E-state index < -0.39 is 61.3 Å². The molecular weight excluding hydrogens is 765 g/mol. The number of unbranched alkanes of at least 4 members (excludes halogenated alkanes) is 20. The Morgan fingerprint density at radius 2 is 0.983 bits per heavy atom. The number of allylic oxidation sites excluding steroid dienone is 8. The topological polar surface area (TPSA) is 169 Å². The summed E-state index contributed by atoms with van der Waals surface area (Å²) in [5.74, 6) is -2.49. The summed E-state index contributed by atoms with van der Waals surface area (Å²) in [4.78, 5) is 36.9. The maximum atomic E-state index is 12.8. The number of carboxylic acids is 1. The fourth-order valence-electron chi connectivity index (χ4n) is 6.99. The van der Waals surface area contributed by atoms with Crippen LogP contribution in [0.5, 0.6) is 0 Å². The third-order valence-corrected chi connectivity index (χ3v) is 10.7. The highest BCUT2D eigenvalue weighted by Crippen LogP contribution is 2.23. The lowest BCUT2D eigenvalue weighted by molar-refractivity contribution is -0.298. The van der Waals surface area contributed by atoms with E-state index in [1.807, 2.05) is 0 Å². The Labute approximate surface area is 363 Å². The van der Waals surface area contributed by atoms with Gasteiger partial charge in [0.05, 0.1) is 6.61 Å². The molecule has 11 nitrogen and oxygen atoms in total. The zero-order valence-corrected chi connectivity index (χ0v) is 37.4. The molecule has 1 rings (SSSR count). The lowest BCUT2D eigenvalue weighted by atomic mass is 9.99. The predicted molar refractivity (Wildman–Crippen MR) is 238 cm³/mol. The van der Waals surface area contributed by atoms with Crippen molar-refractivity contribution in [2.75, 3.05) is 13.2 Å². The van der Waals surface area contributed by atoms with Crippen LogP contribution in [0.1, 0.15) is 194 Å². The number of carbonyl (C=O) groups excluding carboxylic acids is 2. The molecule has 4 N–H and O–H groups in total. The van der Waals surface area contributed by atoms with Crippen LogP contribution in [0.15, 0.2) is 48.6 Å². The minimum Gasteiger partial charge on any atom is -0.479 e. The predicted octanol–water partition coefficient (Wildman–Crippen LogP) is 10.5. The van der Waals surface area contributed by atoms with Gasteiger partial charge in [0.25, 0.3) is 0 Å². The first-order chi connectivity index (χ1) is 29.2. The molecule has 0 aliphatic carbocycles. The Bertz CT molecular complexity index is 1180. The largest absolute Gasteiger partial charge is 0.479 e. The third-order valence-electron chi connectivity index (χ3n) is 10.7. The highest BCUT2D eigenvalue weighted by molar-refractivity contribution is 5.73. The molecule has 60 heavy (non-hydrogen) atoms. The van der Waals surface area contributed by atoms with Gasteiger partial charge in [-0.15, -0.1) is 0 Å². The van der Waals surface area contributed by atoms with Crippen molar-refractivity contribution in [1.82, 2.24) is 0 Å². The number of aliphatic hydroxyl groups is 3. The van der Waals surface area contributed by atoms with Crippen LogP contribution in [0.2, 0.25) is 0 Å². The van der Waals surface area contributed by atoms with Gasteiger partial charge in [0, 0.05) is 12.8 Å². The first kappa shape index (κ1) is 55.2. The van der Waals surface area contributed by atoms with Crippen LogP contribution < -0.4 is 0 Å². The van der Waals surface area contributed by atoms with Crippen molar-refractivity contribution in [3.8, 4) is 0 Å². The summed E-state index contributed by atoms with van der Waals surface area (Å²) >= 11 is 0. The fraction of sp³-hybridized carbons (Fsp3) is 0.776. The quantitative estimate of drug-likeness (QED) is 0.0264. The fourth-order valence-corrected chi connectivity index (χ4v) is 6.99. The molecule has 0 spiro atoms. The molecule has 0 aromatic carbocycles. The van der Waals surface area contributed by atoms with E-state index in [1.54, 1.807) is 0 Å². The molecule has 0 radical (unpaired) electrons. The van der Waals surface area contributed by atoms with Gasteiger partial charge in [-0.3, -0.25) is 9.59 Å². The molecule has 1 heterocycles. The molecule has 1 saturated heterocycles. The normalized spacial score (nSPS) is 20.2. The number of carboxylic acid groups (broad SMARTS) is 1. The van der Waals surface area contributed by atoms with Gasteiger partial charge in [0.15, 0.2) is 18.5 Å². The molecule has 0 bridgehead atoms. The van der Waals surface area contributed by atoms with E-state index in [-0.39, 0.29) is 19.4 Å². The van der Waals surface area contributed by atoms with E-state index in [0.29, 0.717) is 12.8 Å². The highest BCUT2D eigenvalue weighted by atomic mass is 16.7. The van der Waals surface area contributed by atoms with Crippen LogP contribution in [0.3, 0.4) is 0 Å². The highest BCUT2D eigenvalue weighted by Gasteiger charge is 2.47. The van der Waals surface area contributed by atoms with Gasteiger partial charge in [-0.25, -0.2) is 4.79 Å². The average molecular weight is 849 g/mol. The van der Waals surface area contributed by atoms with Gasteiger partial charge < -0.3 is 39.4 Å². The molecule has 346 valence electrons. The summed E-state index contributed by atoms with van der Waals surface area (Å²) in [6.07, 6.45) is 37.4. The van der Waals surface area contributed by atoms with Crippen molar-refractivity contribution >= 4 is 17.9 Å². The monoisotopic (exact) mass is 849 g/mol. The SMILES string of the molecule is CC/C=C\C/C=C\C/C=C\C/C=C\CCCCC(=O)OCC(COC1OC(C(=O)O)C(O)C(O)C1O)OC(=O)CCCCCCCCCCCCCCCCCCCCC. The van der Waals surface area contributed by atoms with Gasteiger partial charge in [0.1, 0.15) is 24.9 Å². The van der Waals surface area contributed by atoms with Gasteiger partial charge in [-0.2, -0.15) is 0 Å². The zero-order chi connectivity index (χ0) is 43.9. The van der Waals surface area contributed by atoms with Crippen LogP contribution in [0.4, 0.5) is 0 Å².